The molecule has 0 bridgehead atoms. The minimum absolute atomic E-state index is 0.118. The molecular weight excluding hydrogens is 298 g/mol. The summed E-state index contributed by atoms with van der Waals surface area (Å²) < 4.78 is 26.0. The van der Waals surface area contributed by atoms with E-state index in [-0.39, 0.29) is 10.8 Å². The molecule has 0 unspecified atom stereocenters. The Balaban J connectivity index is 2.99. The summed E-state index contributed by atoms with van der Waals surface area (Å²) in [6, 6.07) is 1.44. The Bertz CT molecular complexity index is 547. The molecule has 0 amide bonds. The Kier molecular flexibility index (Phi) is 6.23. The van der Waals surface area contributed by atoms with E-state index in [0.29, 0.717) is 17.4 Å². The predicted octanol–water partition coefficient (Wildman–Crippen LogP) is 2.83. The third-order valence-corrected chi connectivity index (χ3v) is 4.77. The van der Waals surface area contributed by atoms with E-state index in [2.05, 4.69) is 10.3 Å². The number of rotatable bonds is 7. The number of sulfonamides is 1. The van der Waals surface area contributed by atoms with Gasteiger partial charge in [0, 0.05) is 26.3 Å². The van der Waals surface area contributed by atoms with E-state index in [4.69, 9.17) is 11.6 Å². The van der Waals surface area contributed by atoms with Gasteiger partial charge in [-0.25, -0.2) is 17.7 Å². The molecule has 0 aliphatic carbocycles. The van der Waals surface area contributed by atoms with Gasteiger partial charge in [-0.3, -0.25) is 0 Å². The molecule has 0 radical (unpaired) electrons. The van der Waals surface area contributed by atoms with Crippen LogP contribution in [0.1, 0.15) is 27.2 Å². The number of pyridine rings is 1. The van der Waals surface area contributed by atoms with Gasteiger partial charge in [0.25, 0.3) is 0 Å². The fraction of sp³-hybridized carbons (Fsp3) is 0.615. The average molecular weight is 320 g/mol. The molecule has 0 saturated heterocycles. The molecule has 0 saturated carbocycles. The first-order valence-electron chi connectivity index (χ1n) is 6.64. The van der Waals surface area contributed by atoms with E-state index in [1.54, 1.807) is 7.05 Å². The highest BCUT2D eigenvalue weighted by Crippen LogP contribution is 2.24. The van der Waals surface area contributed by atoms with Crippen molar-refractivity contribution in [3.05, 3.63) is 17.3 Å². The summed E-state index contributed by atoms with van der Waals surface area (Å²) in [7, 11) is -1.97. The van der Waals surface area contributed by atoms with Gasteiger partial charge in [0.2, 0.25) is 10.0 Å². The number of hydrogen-bond acceptors (Lipinski definition) is 4. The molecule has 0 aliphatic heterocycles. The Morgan fingerprint density at radius 3 is 2.60 bits per heavy atom. The Hall–Kier alpha value is -0.850. The summed E-state index contributed by atoms with van der Waals surface area (Å²) in [5.74, 6) is 0.766. The van der Waals surface area contributed by atoms with Gasteiger partial charge in [-0.15, -0.1) is 0 Å². The van der Waals surface area contributed by atoms with Gasteiger partial charge in [-0.2, -0.15) is 0 Å². The van der Waals surface area contributed by atoms with E-state index in [1.165, 1.54) is 16.6 Å². The zero-order valence-corrected chi connectivity index (χ0v) is 13.9. The largest absolute Gasteiger partial charge is 0.369 e. The summed E-state index contributed by atoms with van der Waals surface area (Å²) in [4.78, 5) is 4.21. The van der Waals surface area contributed by atoms with Gasteiger partial charge in [0.05, 0.1) is 5.02 Å². The second-order valence-electron chi connectivity index (χ2n) is 5.11. The van der Waals surface area contributed by atoms with Crippen molar-refractivity contribution in [1.82, 2.24) is 9.29 Å². The predicted molar refractivity (Wildman–Crippen MR) is 82.7 cm³/mol. The molecule has 7 heteroatoms. The first kappa shape index (κ1) is 17.2. The van der Waals surface area contributed by atoms with E-state index in [1.807, 2.05) is 20.8 Å². The van der Waals surface area contributed by atoms with E-state index in [0.717, 1.165) is 13.0 Å². The highest BCUT2D eigenvalue weighted by molar-refractivity contribution is 7.89. The van der Waals surface area contributed by atoms with Crippen molar-refractivity contribution in [3.8, 4) is 0 Å². The Labute approximate surface area is 126 Å². The lowest BCUT2D eigenvalue weighted by atomic mass is 10.2. The monoisotopic (exact) mass is 319 g/mol. The molecular formula is C13H22ClN3O2S. The van der Waals surface area contributed by atoms with Crippen LogP contribution in [0.4, 0.5) is 5.82 Å². The van der Waals surface area contributed by atoms with Crippen LogP contribution in [0.15, 0.2) is 17.2 Å². The summed E-state index contributed by atoms with van der Waals surface area (Å²) >= 11 is 6.07. The molecule has 0 fully saturated rings. The van der Waals surface area contributed by atoms with Gasteiger partial charge in [0.15, 0.2) is 0 Å². The van der Waals surface area contributed by atoms with Gasteiger partial charge in [0.1, 0.15) is 10.7 Å². The molecule has 20 heavy (non-hydrogen) atoms. The maximum atomic E-state index is 12.4. The fourth-order valence-corrected chi connectivity index (χ4v) is 3.33. The van der Waals surface area contributed by atoms with Crippen LogP contribution in [0.5, 0.6) is 0 Å². The summed E-state index contributed by atoms with van der Waals surface area (Å²) in [6.07, 6.45) is 2.28. The second kappa shape index (κ2) is 7.24. The maximum absolute atomic E-state index is 12.4. The van der Waals surface area contributed by atoms with Crippen molar-refractivity contribution in [2.45, 2.75) is 32.1 Å². The number of halogens is 1. The molecule has 1 heterocycles. The lowest BCUT2D eigenvalue weighted by molar-refractivity contribution is 0.417. The second-order valence-corrected chi connectivity index (χ2v) is 7.56. The lowest BCUT2D eigenvalue weighted by Crippen LogP contribution is -2.30. The highest BCUT2D eigenvalue weighted by Gasteiger charge is 2.22. The minimum atomic E-state index is -3.54. The molecule has 0 atom stereocenters. The zero-order chi connectivity index (χ0) is 15.3. The number of aromatic nitrogens is 1. The van der Waals surface area contributed by atoms with Crippen LogP contribution in [-0.4, -0.2) is 37.8 Å². The van der Waals surface area contributed by atoms with Crippen LogP contribution >= 0.6 is 11.6 Å². The SMILES string of the molecule is CCCNc1ncc(S(=O)(=O)N(C)CC(C)C)cc1Cl. The fourth-order valence-electron chi connectivity index (χ4n) is 1.73. The number of anilines is 1. The van der Waals surface area contributed by atoms with Gasteiger partial charge < -0.3 is 5.32 Å². The van der Waals surface area contributed by atoms with Gasteiger partial charge in [-0.1, -0.05) is 32.4 Å². The van der Waals surface area contributed by atoms with Gasteiger partial charge >= 0.3 is 0 Å². The third kappa shape index (κ3) is 4.33. The smallest absolute Gasteiger partial charge is 0.244 e. The van der Waals surface area contributed by atoms with Crippen molar-refractivity contribution >= 4 is 27.4 Å². The maximum Gasteiger partial charge on any atom is 0.244 e. The first-order chi connectivity index (χ1) is 9.28. The summed E-state index contributed by atoms with van der Waals surface area (Å²) in [5.41, 5.74) is 0. The quantitative estimate of drug-likeness (QED) is 0.839. The molecule has 0 spiro atoms. The number of nitrogens with zero attached hydrogens (tertiary/aromatic N) is 2. The molecule has 1 N–H and O–H groups in total. The minimum Gasteiger partial charge on any atom is -0.369 e. The molecule has 114 valence electrons. The van der Waals surface area contributed by atoms with Gasteiger partial charge in [-0.05, 0) is 18.4 Å². The van der Waals surface area contributed by atoms with Crippen LogP contribution in [0.2, 0.25) is 5.02 Å². The molecule has 0 aliphatic rings. The summed E-state index contributed by atoms with van der Waals surface area (Å²) in [5, 5.41) is 3.37. The molecule has 0 aromatic carbocycles. The van der Waals surface area contributed by atoms with E-state index >= 15 is 0 Å². The Morgan fingerprint density at radius 2 is 2.10 bits per heavy atom. The first-order valence-corrected chi connectivity index (χ1v) is 8.46. The number of hydrogen-bond donors (Lipinski definition) is 1. The highest BCUT2D eigenvalue weighted by atomic mass is 35.5. The molecule has 5 nitrogen and oxygen atoms in total. The van der Waals surface area contributed by atoms with Crippen LogP contribution in [0.3, 0.4) is 0 Å². The van der Waals surface area contributed by atoms with Crippen molar-refractivity contribution < 1.29 is 8.42 Å². The molecule has 1 aromatic heterocycles. The van der Waals surface area contributed by atoms with Crippen molar-refractivity contribution in [3.63, 3.8) is 0 Å². The Morgan fingerprint density at radius 1 is 1.45 bits per heavy atom. The lowest BCUT2D eigenvalue weighted by Gasteiger charge is -2.19. The van der Waals surface area contributed by atoms with Crippen molar-refractivity contribution in [1.29, 1.82) is 0 Å². The number of nitrogens with one attached hydrogen (secondary N) is 1. The molecule has 1 aromatic rings. The van der Waals surface area contributed by atoms with Crippen LogP contribution in [-0.2, 0) is 10.0 Å². The van der Waals surface area contributed by atoms with Crippen LogP contribution in [0.25, 0.3) is 0 Å². The molecule has 1 rings (SSSR count). The standard InChI is InChI=1S/C13H22ClN3O2S/c1-5-6-15-13-12(14)7-11(8-16-13)20(18,19)17(4)9-10(2)3/h7-8,10H,5-6,9H2,1-4H3,(H,15,16). The van der Waals surface area contributed by atoms with Crippen molar-refractivity contribution in [2.75, 3.05) is 25.5 Å². The summed E-state index contributed by atoms with van der Waals surface area (Å²) in [6.45, 7) is 7.16. The van der Waals surface area contributed by atoms with Crippen molar-refractivity contribution in [2.24, 2.45) is 5.92 Å². The zero-order valence-electron chi connectivity index (χ0n) is 12.4. The van der Waals surface area contributed by atoms with E-state index < -0.39 is 10.0 Å². The van der Waals surface area contributed by atoms with Crippen LogP contribution in [0, 0.1) is 5.92 Å². The van der Waals surface area contributed by atoms with E-state index in [9.17, 15) is 8.42 Å². The van der Waals surface area contributed by atoms with Crippen LogP contribution < -0.4 is 5.32 Å². The normalized spacial score (nSPS) is 12.2. The average Bonchev–Trinajstić information content (AvgIpc) is 2.36. The third-order valence-electron chi connectivity index (χ3n) is 2.69. The topological polar surface area (TPSA) is 62.3 Å².